The lowest BCUT2D eigenvalue weighted by Gasteiger charge is -2.06. The highest BCUT2D eigenvalue weighted by molar-refractivity contribution is 6.43. The Bertz CT molecular complexity index is 495. The van der Waals surface area contributed by atoms with Gasteiger partial charge in [0.05, 0.1) is 10.0 Å². The van der Waals surface area contributed by atoms with Crippen LogP contribution in [-0.4, -0.2) is 4.98 Å². The van der Waals surface area contributed by atoms with Gasteiger partial charge >= 0.3 is 0 Å². The van der Waals surface area contributed by atoms with E-state index in [1.807, 2.05) is 31.2 Å². The number of aryl methyl sites for hydroxylation is 1. The molecule has 2 rings (SSSR count). The first-order valence-electron chi connectivity index (χ1n) is 4.55. The molecule has 1 nitrogen and oxygen atoms in total. The van der Waals surface area contributed by atoms with Gasteiger partial charge in [0.15, 0.2) is 0 Å². The van der Waals surface area contributed by atoms with Crippen LogP contribution in [0.25, 0.3) is 11.1 Å². The minimum Gasteiger partial charge on any atom is -0.262 e. The van der Waals surface area contributed by atoms with Crippen LogP contribution in [0.4, 0.5) is 0 Å². The van der Waals surface area contributed by atoms with Gasteiger partial charge in [-0.1, -0.05) is 35.3 Å². The normalized spacial score (nSPS) is 10.3. The molecule has 15 heavy (non-hydrogen) atoms. The number of hydrogen-bond acceptors (Lipinski definition) is 1. The SMILES string of the molecule is Cc1cc(-c2cccc(Cl)c2Cl)ccn1. The summed E-state index contributed by atoms with van der Waals surface area (Å²) >= 11 is 12.1. The van der Waals surface area contributed by atoms with E-state index in [-0.39, 0.29) is 0 Å². The monoisotopic (exact) mass is 237 g/mol. The Labute approximate surface area is 98.7 Å². The minimum atomic E-state index is 0.573. The first-order chi connectivity index (χ1) is 7.18. The molecule has 0 saturated heterocycles. The first-order valence-corrected chi connectivity index (χ1v) is 5.31. The molecular formula is C12H9Cl2N. The van der Waals surface area contributed by atoms with E-state index in [0.717, 1.165) is 16.8 Å². The fourth-order valence-corrected chi connectivity index (χ4v) is 1.85. The molecule has 0 unspecified atom stereocenters. The van der Waals surface area contributed by atoms with E-state index >= 15 is 0 Å². The molecule has 0 atom stereocenters. The molecule has 0 saturated carbocycles. The van der Waals surface area contributed by atoms with Crippen molar-refractivity contribution in [1.29, 1.82) is 0 Å². The molecule has 0 bridgehead atoms. The average molecular weight is 238 g/mol. The summed E-state index contributed by atoms with van der Waals surface area (Å²) in [5.74, 6) is 0. The van der Waals surface area contributed by atoms with Crippen molar-refractivity contribution in [2.75, 3.05) is 0 Å². The molecule has 0 aliphatic rings. The topological polar surface area (TPSA) is 12.9 Å². The van der Waals surface area contributed by atoms with Crippen LogP contribution >= 0.6 is 23.2 Å². The Hall–Kier alpha value is -1.05. The molecule has 0 radical (unpaired) electrons. The maximum Gasteiger partial charge on any atom is 0.0670 e. The Balaban J connectivity index is 2.59. The number of aromatic nitrogens is 1. The molecule has 76 valence electrons. The third-order valence-corrected chi connectivity index (χ3v) is 2.98. The van der Waals surface area contributed by atoms with Crippen LogP contribution in [0.1, 0.15) is 5.69 Å². The van der Waals surface area contributed by atoms with E-state index in [1.54, 1.807) is 12.3 Å². The van der Waals surface area contributed by atoms with Crippen molar-refractivity contribution in [3.8, 4) is 11.1 Å². The molecule has 2 aromatic rings. The second-order valence-electron chi connectivity index (χ2n) is 3.29. The second-order valence-corrected chi connectivity index (χ2v) is 4.07. The number of nitrogens with zero attached hydrogens (tertiary/aromatic N) is 1. The van der Waals surface area contributed by atoms with E-state index in [1.165, 1.54) is 0 Å². The molecule has 0 aliphatic heterocycles. The summed E-state index contributed by atoms with van der Waals surface area (Å²) in [5.41, 5.74) is 2.94. The smallest absolute Gasteiger partial charge is 0.0670 e. The summed E-state index contributed by atoms with van der Waals surface area (Å²) in [6, 6.07) is 9.52. The lowest BCUT2D eigenvalue weighted by atomic mass is 10.1. The van der Waals surface area contributed by atoms with Crippen LogP contribution in [0.2, 0.25) is 10.0 Å². The standard InChI is InChI=1S/C12H9Cl2N/c1-8-7-9(5-6-15-8)10-3-2-4-11(13)12(10)14/h2-7H,1H3. The molecular weight excluding hydrogens is 229 g/mol. The maximum atomic E-state index is 6.13. The molecule has 0 fully saturated rings. The molecule has 0 spiro atoms. The number of hydrogen-bond donors (Lipinski definition) is 0. The van der Waals surface area contributed by atoms with Crippen molar-refractivity contribution in [3.05, 3.63) is 52.3 Å². The fourth-order valence-electron chi connectivity index (χ4n) is 1.44. The highest BCUT2D eigenvalue weighted by Gasteiger charge is 2.06. The Kier molecular flexibility index (Phi) is 2.94. The van der Waals surface area contributed by atoms with E-state index in [4.69, 9.17) is 23.2 Å². The van der Waals surface area contributed by atoms with Gasteiger partial charge in [-0.2, -0.15) is 0 Å². The van der Waals surface area contributed by atoms with Gasteiger partial charge < -0.3 is 0 Å². The number of benzene rings is 1. The Morgan fingerprint density at radius 2 is 1.93 bits per heavy atom. The summed E-state index contributed by atoms with van der Waals surface area (Å²) in [6.45, 7) is 1.95. The molecule has 1 aromatic heterocycles. The van der Waals surface area contributed by atoms with Crippen molar-refractivity contribution in [2.45, 2.75) is 6.92 Å². The highest BCUT2D eigenvalue weighted by atomic mass is 35.5. The zero-order chi connectivity index (χ0) is 10.8. The Morgan fingerprint density at radius 3 is 2.67 bits per heavy atom. The molecule has 0 N–H and O–H groups in total. The highest BCUT2D eigenvalue weighted by Crippen LogP contribution is 2.33. The van der Waals surface area contributed by atoms with Gasteiger partial charge in [-0.25, -0.2) is 0 Å². The predicted octanol–water partition coefficient (Wildman–Crippen LogP) is 4.36. The van der Waals surface area contributed by atoms with Gasteiger partial charge in [-0.05, 0) is 30.7 Å². The molecule has 0 aliphatic carbocycles. The molecule has 3 heteroatoms. The lowest BCUT2D eigenvalue weighted by Crippen LogP contribution is -1.84. The van der Waals surface area contributed by atoms with E-state index in [0.29, 0.717) is 10.0 Å². The van der Waals surface area contributed by atoms with Gasteiger partial charge in [0, 0.05) is 17.5 Å². The van der Waals surface area contributed by atoms with Gasteiger partial charge in [0.2, 0.25) is 0 Å². The number of rotatable bonds is 1. The van der Waals surface area contributed by atoms with Gasteiger partial charge in [-0.15, -0.1) is 0 Å². The van der Waals surface area contributed by atoms with Crippen molar-refractivity contribution in [2.24, 2.45) is 0 Å². The first kappa shape index (κ1) is 10.5. The van der Waals surface area contributed by atoms with Crippen LogP contribution < -0.4 is 0 Å². The zero-order valence-corrected chi connectivity index (χ0v) is 9.68. The van der Waals surface area contributed by atoms with Gasteiger partial charge in [-0.3, -0.25) is 4.98 Å². The summed E-state index contributed by atoms with van der Waals surface area (Å²) in [4.78, 5) is 4.14. The second kappa shape index (κ2) is 4.21. The molecule has 1 aromatic carbocycles. The summed E-state index contributed by atoms with van der Waals surface area (Å²) < 4.78 is 0. The minimum absolute atomic E-state index is 0.573. The molecule has 0 amide bonds. The third kappa shape index (κ3) is 2.14. The van der Waals surface area contributed by atoms with E-state index in [9.17, 15) is 0 Å². The Morgan fingerprint density at radius 1 is 1.13 bits per heavy atom. The maximum absolute atomic E-state index is 6.13. The van der Waals surface area contributed by atoms with Gasteiger partial charge in [0.25, 0.3) is 0 Å². The van der Waals surface area contributed by atoms with Crippen LogP contribution in [0.3, 0.4) is 0 Å². The van der Waals surface area contributed by atoms with Crippen molar-refractivity contribution < 1.29 is 0 Å². The molecule has 1 heterocycles. The number of pyridine rings is 1. The van der Waals surface area contributed by atoms with Crippen molar-refractivity contribution >= 4 is 23.2 Å². The quantitative estimate of drug-likeness (QED) is 0.719. The van der Waals surface area contributed by atoms with Crippen LogP contribution in [0, 0.1) is 6.92 Å². The lowest BCUT2D eigenvalue weighted by molar-refractivity contribution is 1.20. The largest absolute Gasteiger partial charge is 0.262 e. The van der Waals surface area contributed by atoms with E-state index < -0.39 is 0 Å². The van der Waals surface area contributed by atoms with E-state index in [2.05, 4.69) is 4.98 Å². The third-order valence-electron chi connectivity index (χ3n) is 2.16. The summed E-state index contributed by atoms with van der Waals surface area (Å²) in [5, 5.41) is 1.16. The van der Waals surface area contributed by atoms with Crippen LogP contribution in [0.5, 0.6) is 0 Å². The fraction of sp³-hybridized carbons (Fsp3) is 0.0833. The average Bonchev–Trinajstić information content (AvgIpc) is 2.22. The van der Waals surface area contributed by atoms with Crippen molar-refractivity contribution in [1.82, 2.24) is 4.98 Å². The number of halogens is 2. The summed E-state index contributed by atoms with van der Waals surface area (Å²) in [7, 11) is 0. The van der Waals surface area contributed by atoms with Crippen LogP contribution in [0.15, 0.2) is 36.5 Å². The summed E-state index contributed by atoms with van der Waals surface area (Å²) in [6.07, 6.45) is 1.77. The van der Waals surface area contributed by atoms with Crippen molar-refractivity contribution in [3.63, 3.8) is 0 Å². The van der Waals surface area contributed by atoms with Gasteiger partial charge in [0.1, 0.15) is 0 Å². The predicted molar refractivity (Wildman–Crippen MR) is 64.4 cm³/mol. The zero-order valence-electron chi connectivity index (χ0n) is 8.17. The van der Waals surface area contributed by atoms with Crippen LogP contribution in [-0.2, 0) is 0 Å².